The van der Waals surface area contributed by atoms with Gasteiger partial charge in [0.2, 0.25) is 9.04 Å². The zero-order valence-electron chi connectivity index (χ0n) is 16.0. The van der Waals surface area contributed by atoms with Gasteiger partial charge in [-0.15, -0.1) is 0 Å². The third-order valence-electron chi connectivity index (χ3n) is 4.10. The van der Waals surface area contributed by atoms with Crippen molar-refractivity contribution in [3.8, 4) is 5.75 Å². The highest BCUT2D eigenvalue weighted by Crippen LogP contribution is 2.30. The number of aliphatic imine (C=N–C) groups is 1. The van der Waals surface area contributed by atoms with E-state index in [4.69, 9.17) is 9.42 Å². The van der Waals surface area contributed by atoms with Crippen LogP contribution in [0.1, 0.15) is 22.4 Å². The Hall–Kier alpha value is -2.66. The summed E-state index contributed by atoms with van der Waals surface area (Å²) in [5.74, 6) is 1.64. The molecule has 1 aromatic heterocycles. The Morgan fingerprint density at radius 3 is 2.38 bits per heavy atom. The minimum absolute atomic E-state index is 0.793. The smallest absolute Gasteiger partial charge is 0.229 e. The first-order valence-electron chi connectivity index (χ1n) is 8.88. The van der Waals surface area contributed by atoms with Gasteiger partial charge in [-0.3, -0.25) is 0 Å². The van der Waals surface area contributed by atoms with E-state index in [1.165, 1.54) is 5.56 Å². The molecule has 26 heavy (non-hydrogen) atoms. The van der Waals surface area contributed by atoms with E-state index in [-0.39, 0.29) is 0 Å². The van der Waals surface area contributed by atoms with Crippen LogP contribution in [0.2, 0.25) is 13.1 Å². The minimum Gasteiger partial charge on any atom is -0.546 e. The van der Waals surface area contributed by atoms with Crippen LogP contribution in [-0.2, 0) is 0 Å². The number of benzene rings is 2. The predicted octanol–water partition coefficient (Wildman–Crippen LogP) is 4.80. The molecule has 0 atom stereocenters. The van der Waals surface area contributed by atoms with Gasteiger partial charge in [0.25, 0.3) is 0 Å². The molecule has 0 unspecified atom stereocenters. The van der Waals surface area contributed by atoms with Gasteiger partial charge in [0.15, 0.2) is 5.84 Å². The van der Waals surface area contributed by atoms with E-state index in [0.29, 0.717) is 0 Å². The highest BCUT2D eigenvalue weighted by atomic mass is 28.3. The van der Waals surface area contributed by atoms with Crippen molar-refractivity contribution in [2.45, 2.75) is 33.9 Å². The summed E-state index contributed by atoms with van der Waals surface area (Å²) in [7, 11) is -1.23. The number of rotatable bonds is 4. The lowest BCUT2D eigenvalue weighted by Gasteiger charge is -2.14. The summed E-state index contributed by atoms with van der Waals surface area (Å²) >= 11 is 0. The molecule has 0 fully saturated rings. The van der Waals surface area contributed by atoms with E-state index in [9.17, 15) is 0 Å². The quantitative estimate of drug-likeness (QED) is 0.379. The van der Waals surface area contributed by atoms with Crippen LogP contribution in [0.3, 0.4) is 0 Å². The summed E-state index contributed by atoms with van der Waals surface area (Å²) in [5.41, 5.74) is 5.16. The third kappa shape index (κ3) is 4.11. The van der Waals surface area contributed by atoms with Crippen LogP contribution >= 0.6 is 0 Å². The number of hydrogen-bond acceptors (Lipinski definition) is 3. The number of nitrogens with zero attached hydrogens (tertiary/aromatic N) is 3. The Kier molecular flexibility index (Phi) is 5.37. The lowest BCUT2D eigenvalue weighted by molar-refractivity contribution is 0.581. The Morgan fingerprint density at radius 1 is 1.04 bits per heavy atom. The molecule has 4 nitrogen and oxygen atoms in total. The lowest BCUT2D eigenvalue weighted by Crippen LogP contribution is -2.15. The number of hydrogen-bond donors (Lipinski definition) is 0. The fourth-order valence-electron chi connectivity index (χ4n) is 2.67. The molecule has 5 heteroatoms. The normalized spacial score (nSPS) is 11.8. The Bertz CT molecular complexity index is 910. The molecule has 0 aliphatic carbocycles. The van der Waals surface area contributed by atoms with E-state index in [0.717, 1.165) is 34.1 Å². The summed E-state index contributed by atoms with van der Waals surface area (Å²) in [6.45, 7) is 10.5. The molecule has 3 aromatic rings. The fourth-order valence-corrected chi connectivity index (χ4v) is 3.36. The SMILES string of the molecule is Cc1ccc(N=C(c2ccccc2)n2cc(C)c(C)n2)c(O[SiH](C)C)c1. The van der Waals surface area contributed by atoms with Gasteiger partial charge in [-0.05, 0) is 57.1 Å². The van der Waals surface area contributed by atoms with Crippen molar-refractivity contribution in [1.29, 1.82) is 0 Å². The fraction of sp³-hybridized carbons (Fsp3) is 0.238. The first-order valence-corrected chi connectivity index (χ1v) is 11.7. The molecule has 0 saturated heterocycles. The highest BCUT2D eigenvalue weighted by Gasteiger charge is 2.13. The van der Waals surface area contributed by atoms with Crippen molar-refractivity contribution in [2.75, 3.05) is 0 Å². The molecule has 3 rings (SSSR count). The molecule has 0 saturated carbocycles. The topological polar surface area (TPSA) is 39.4 Å². The average Bonchev–Trinajstić information content (AvgIpc) is 2.93. The molecule has 0 N–H and O–H groups in total. The van der Waals surface area contributed by atoms with Gasteiger partial charge in [0.1, 0.15) is 11.4 Å². The molecule has 0 spiro atoms. The molecule has 0 aliphatic heterocycles. The zero-order valence-corrected chi connectivity index (χ0v) is 17.2. The molecule has 134 valence electrons. The van der Waals surface area contributed by atoms with Gasteiger partial charge in [-0.1, -0.05) is 36.4 Å². The molecule has 0 radical (unpaired) electrons. The Morgan fingerprint density at radius 2 is 1.77 bits per heavy atom. The lowest BCUT2D eigenvalue weighted by atomic mass is 10.2. The van der Waals surface area contributed by atoms with Crippen LogP contribution in [0.4, 0.5) is 5.69 Å². The van der Waals surface area contributed by atoms with Gasteiger partial charge >= 0.3 is 0 Å². The maximum atomic E-state index is 6.13. The van der Waals surface area contributed by atoms with E-state index in [1.54, 1.807) is 0 Å². The van der Waals surface area contributed by atoms with Gasteiger partial charge in [-0.2, -0.15) is 5.10 Å². The van der Waals surface area contributed by atoms with Crippen molar-refractivity contribution < 1.29 is 4.43 Å². The van der Waals surface area contributed by atoms with Gasteiger partial charge in [-0.25, -0.2) is 9.67 Å². The Labute approximate surface area is 156 Å². The Balaban J connectivity index is 2.16. The van der Waals surface area contributed by atoms with Gasteiger partial charge < -0.3 is 4.43 Å². The van der Waals surface area contributed by atoms with E-state index >= 15 is 0 Å². The van der Waals surface area contributed by atoms with Crippen LogP contribution in [0, 0.1) is 20.8 Å². The summed E-state index contributed by atoms with van der Waals surface area (Å²) in [6, 6.07) is 16.3. The van der Waals surface area contributed by atoms with Crippen LogP contribution in [0.15, 0.2) is 59.7 Å². The standard InChI is InChI=1S/C21H25N3OSi/c1-15-11-12-19(20(13-15)25-26(4)5)22-21(18-9-7-6-8-10-18)24-14-16(2)17(3)23-24/h6-14,26H,1-5H3. The average molecular weight is 364 g/mol. The van der Waals surface area contributed by atoms with Crippen molar-refractivity contribution in [3.63, 3.8) is 0 Å². The van der Waals surface area contributed by atoms with E-state index in [1.807, 2.05) is 42.1 Å². The predicted molar refractivity (Wildman–Crippen MR) is 110 cm³/mol. The second-order valence-electron chi connectivity index (χ2n) is 6.78. The first-order chi connectivity index (χ1) is 12.4. The molecular weight excluding hydrogens is 338 g/mol. The van der Waals surface area contributed by atoms with Crippen LogP contribution in [0.5, 0.6) is 5.75 Å². The minimum atomic E-state index is -1.23. The molecule has 2 aromatic carbocycles. The summed E-state index contributed by atoms with van der Waals surface area (Å²) < 4.78 is 7.99. The maximum Gasteiger partial charge on any atom is 0.229 e. The summed E-state index contributed by atoms with van der Waals surface area (Å²) in [6.07, 6.45) is 2.02. The van der Waals surface area contributed by atoms with Gasteiger partial charge in [0.05, 0.1) is 5.69 Å². The molecule has 0 aliphatic rings. The van der Waals surface area contributed by atoms with Crippen molar-refractivity contribution in [1.82, 2.24) is 9.78 Å². The number of aromatic nitrogens is 2. The van der Waals surface area contributed by atoms with Crippen molar-refractivity contribution in [3.05, 3.63) is 77.1 Å². The van der Waals surface area contributed by atoms with Gasteiger partial charge in [0, 0.05) is 11.8 Å². The zero-order chi connectivity index (χ0) is 18.7. The first kappa shape index (κ1) is 18.1. The van der Waals surface area contributed by atoms with E-state index in [2.05, 4.69) is 56.3 Å². The monoisotopic (exact) mass is 363 g/mol. The van der Waals surface area contributed by atoms with Crippen LogP contribution in [0.25, 0.3) is 0 Å². The molecule has 0 bridgehead atoms. The number of aryl methyl sites for hydroxylation is 3. The van der Waals surface area contributed by atoms with Crippen LogP contribution < -0.4 is 4.43 Å². The van der Waals surface area contributed by atoms with E-state index < -0.39 is 9.04 Å². The van der Waals surface area contributed by atoms with Crippen molar-refractivity contribution >= 4 is 20.6 Å². The largest absolute Gasteiger partial charge is 0.546 e. The van der Waals surface area contributed by atoms with Crippen LogP contribution in [-0.4, -0.2) is 24.7 Å². The molecular formula is C21H25N3OSi. The molecule has 0 amide bonds. The third-order valence-corrected chi connectivity index (χ3v) is 4.82. The summed E-state index contributed by atoms with van der Waals surface area (Å²) in [4.78, 5) is 4.96. The molecule has 1 heterocycles. The summed E-state index contributed by atoms with van der Waals surface area (Å²) in [5, 5.41) is 4.65. The van der Waals surface area contributed by atoms with Crippen molar-refractivity contribution in [2.24, 2.45) is 4.99 Å². The highest BCUT2D eigenvalue weighted by molar-refractivity contribution is 6.49. The second-order valence-corrected chi connectivity index (χ2v) is 9.11. The maximum absolute atomic E-state index is 6.13. The second kappa shape index (κ2) is 7.70.